The van der Waals surface area contributed by atoms with E-state index < -0.39 is 0 Å². The van der Waals surface area contributed by atoms with E-state index in [2.05, 4.69) is 65.5 Å². The van der Waals surface area contributed by atoms with Crippen LogP contribution < -0.4 is 0 Å². The monoisotopic (exact) mass is 373 g/mol. The number of fused-ring (bicyclic) bond motifs is 1. The number of rotatable bonds is 5. The number of likely N-dealkylation sites (N-methyl/N-ethyl adjacent to an activating group) is 1. The van der Waals surface area contributed by atoms with Crippen LogP contribution in [0.2, 0.25) is 0 Å². The lowest BCUT2D eigenvalue weighted by Crippen LogP contribution is -2.54. The number of pyridine rings is 1. The highest BCUT2D eigenvalue weighted by Crippen LogP contribution is 2.17. The van der Waals surface area contributed by atoms with Gasteiger partial charge in [0.05, 0.1) is 5.52 Å². The highest BCUT2D eigenvalue weighted by Gasteiger charge is 2.27. The molecule has 1 aliphatic heterocycles. The first kappa shape index (κ1) is 18.6. The SMILES string of the molecule is CN1CCN(C(=O)CCc2ccc3cccnc3c2)CC1Cc1ccccc1. The van der Waals surface area contributed by atoms with Crippen LogP contribution in [0.15, 0.2) is 66.9 Å². The molecule has 4 rings (SSSR count). The number of piperazine rings is 1. The third kappa shape index (κ3) is 4.39. The van der Waals surface area contributed by atoms with E-state index in [1.54, 1.807) is 0 Å². The van der Waals surface area contributed by atoms with Crippen LogP contribution in [0.25, 0.3) is 10.9 Å². The van der Waals surface area contributed by atoms with Crippen molar-refractivity contribution in [2.75, 3.05) is 26.7 Å². The van der Waals surface area contributed by atoms with Gasteiger partial charge in [0.2, 0.25) is 5.91 Å². The highest BCUT2D eigenvalue weighted by molar-refractivity contribution is 5.80. The maximum Gasteiger partial charge on any atom is 0.222 e. The molecule has 0 N–H and O–H groups in total. The second-order valence-corrected chi connectivity index (χ2v) is 7.69. The highest BCUT2D eigenvalue weighted by atomic mass is 16.2. The zero-order valence-electron chi connectivity index (χ0n) is 16.4. The van der Waals surface area contributed by atoms with Gasteiger partial charge in [0.25, 0.3) is 0 Å². The summed E-state index contributed by atoms with van der Waals surface area (Å²) < 4.78 is 0. The normalized spacial score (nSPS) is 17.8. The lowest BCUT2D eigenvalue weighted by Gasteiger charge is -2.39. The largest absolute Gasteiger partial charge is 0.340 e. The summed E-state index contributed by atoms with van der Waals surface area (Å²) in [5.41, 5.74) is 3.50. The summed E-state index contributed by atoms with van der Waals surface area (Å²) in [6.07, 6.45) is 4.12. The minimum absolute atomic E-state index is 0.257. The number of hydrogen-bond acceptors (Lipinski definition) is 3. The Morgan fingerprint density at radius 1 is 1.04 bits per heavy atom. The molecule has 2 aromatic carbocycles. The van der Waals surface area contributed by atoms with Crippen LogP contribution in [-0.2, 0) is 17.6 Å². The number of hydrogen-bond donors (Lipinski definition) is 0. The number of aryl methyl sites for hydroxylation is 1. The van der Waals surface area contributed by atoms with E-state index in [1.165, 1.54) is 11.1 Å². The van der Waals surface area contributed by atoms with Gasteiger partial charge in [-0.15, -0.1) is 0 Å². The molecule has 1 saturated heterocycles. The molecule has 0 aliphatic carbocycles. The molecule has 1 atom stereocenters. The average Bonchev–Trinajstić information content (AvgIpc) is 2.74. The number of aromatic nitrogens is 1. The Labute approximate surface area is 166 Å². The molecule has 1 aliphatic rings. The van der Waals surface area contributed by atoms with Crippen LogP contribution in [0.4, 0.5) is 0 Å². The number of nitrogens with zero attached hydrogens (tertiary/aromatic N) is 3. The zero-order chi connectivity index (χ0) is 19.3. The van der Waals surface area contributed by atoms with Crippen molar-refractivity contribution >= 4 is 16.8 Å². The first-order valence-corrected chi connectivity index (χ1v) is 10.0. The molecule has 0 spiro atoms. The summed E-state index contributed by atoms with van der Waals surface area (Å²) in [6.45, 7) is 2.56. The molecule has 1 fully saturated rings. The molecule has 1 amide bonds. The number of benzene rings is 2. The second-order valence-electron chi connectivity index (χ2n) is 7.69. The van der Waals surface area contributed by atoms with Gasteiger partial charge in [-0.3, -0.25) is 14.7 Å². The topological polar surface area (TPSA) is 36.4 Å². The number of carbonyl (C=O) groups is 1. The molecular formula is C24H27N3O. The van der Waals surface area contributed by atoms with Gasteiger partial charge in [0.1, 0.15) is 0 Å². The molecule has 2 heterocycles. The quantitative estimate of drug-likeness (QED) is 0.686. The molecule has 1 unspecified atom stereocenters. The van der Waals surface area contributed by atoms with Crippen molar-refractivity contribution in [1.29, 1.82) is 0 Å². The summed E-state index contributed by atoms with van der Waals surface area (Å²) >= 11 is 0. The molecule has 3 aromatic rings. The Hall–Kier alpha value is -2.72. The summed E-state index contributed by atoms with van der Waals surface area (Å²) in [4.78, 5) is 21.7. The van der Waals surface area contributed by atoms with Gasteiger partial charge in [-0.05, 0) is 43.1 Å². The van der Waals surface area contributed by atoms with Crippen LogP contribution in [-0.4, -0.2) is 53.4 Å². The number of carbonyl (C=O) groups excluding carboxylic acids is 1. The van der Waals surface area contributed by atoms with Crippen LogP contribution in [0.3, 0.4) is 0 Å². The van der Waals surface area contributed by atoms with E-state index in [-0.39, 0.29) is 5.91 Å². The molecule has 0 saturated carbocycles. The molecule has 4 heteroatoms. The standard InChI is InChI=1S/C24H27N3O/c1-26-14-15-27(18-22(26)16-19-6-3-2-4-7-19)24(28)12-10-20-9-11-21-8-5-13-25-23(21)17-20/h2-9,11,13,17,22H,10,12,14-16,18H2,1H3. The fraction of sp³-hybridized carbons (Fsp3) is 0.333. The first-order valence-electron chi connectivity index (χ1n) is 10.0. The van der Waals surface area contributed by atoms with Gasteiger partial charge in [-0.2, -0.15) is 0 Å². The van der Waals surface area contributed by atoms with Gasteiger partial charge >= 0.3 is 0 Å². The molecule has 144 valence electrons. The van der Waals surface area contributed by atoms with Crippen LogP contribution in [0.5, 0.6) is 0 Å². The molecule has 28 heavy (non-hydrogen) atoms. The Kier molecular flexibility index (Phi) is 5.68. The van der Waals surface area contributed by atoms with Crippen molar-refractivity contribution in [2.24, 2.45) is 0 Å². The van der Waals surface area contributed by atoms with Crippen molar-refractivity contribution < 1.29 is 4.79 Å². The van der Waals surface area contributed by atoms with Crippen LogP contribution in [0.1, 0.15) is 17.5 Å². The van der Waals surface area contributed by atoms with E-state index in [0.29, 0.717) is 12.5 Å². The van der Waals surface area contributed by atoms with Crippen molar-refractivity contribution in [1.82, 2.24) is 14.8 Å². The minimum atomic E-state index is 0.257. The summed E-state index contributed by atoms with van der Waals surface area (Å²) in [5.74, 6) is 0.257. The maximum absolute atomic E-state index is 12.8. The minimum Gasteiger partial charge on any atom is -0.340 e. The van der Waals surface area contributed by atoms with E-state index >= 15 is 0 Å². The molecule has 0 bridgehead atoms. The Bertz CT molecular complexity index is 941. The number of amides is 1. The Morgan fingerprint density at radius 3 is 2.75 bits per heavy atom. The average molecular weight is 374 g/mol. The third-order valence-corrected chi connectivity index (χ3v) is 5.74. The maximum atomic E-state index is 12.8. The van der Waals surface area contributed by atoms with E-state index in [0.717, 1.165) is 43.4 Å². The second kappa shape index (κ2) is 8.53. The molecular weight excluding hydrogens is 346 g/mol. The summed E-state index contributed by atoms with van der Waals surface area (Å²) in [7, 11) is 2.16. The van der Waals surface area contributed by atoms with Gasteiger partial charge < -0.3 is 4.90 Å². The lowest BCUT2D eigenvalue weighted by molar-refractivity contribution is -0.133. The van der Waals surface area contributed by atoms with Crippen molar-refractivity contribution in [3.8, 4) is 0 Å². The first-order chi connectivity index (χ1) is 13.7. The van der Waals surface area contributed by atoms with Gasteiger partial charge in [-0.25, -0.2) is 0 Å². The molecule has 4 nitrogen and oxygen atoms in total. The lowest BCUT2D eigenvalue weighted by atomic mass is 10.0. The fourth-order valence-corrected chi connectivity index (χ4v) is 3.96. The Balaban J connectivity index is 1.35. The summed E-state index contributed by atoms with van der Waals surface area (Å²) in [5, 5.41) is 1.14. The van der Waals surface area contributed by atoms with Gasteiger partial charge in [0, 0.05) is 43.7 Å². The van der Waals surface area contributed by atoms with Crippen LogP contribution in [0, 0.1) is 0 Å². The van der Waals surface area contributed by atoms with Crippen LogP contribution >= 0.6 is 0 Å². The molecule has 0 radical (unpaired) electrons. The van der Waals surface area contributed by atoms with E-state index in [9.17, 15) is 4.79 Å². The zero-order valence-corrected chi connectivity index (χ0v) is 16.4. The van der Waals surface area contributed by atoms with Crippen molar-refractivity contribution in [2.45, 2.75) is 25.3 Å². The predicted molar refractivity (Wildman–Crippen MR) is 113 cm³/mol. The fourth-order valence-electron chi connectivity index (χ4n) is 3.96. The van der Waals surface area contributed by atoms with Gasteiger partial charge in [0.15, 0.2) is 0 Å². The molecule has 1 aromatic heterocycles. The smallest absolute Gasteiger partial charge is 0.222 e. The van der Waals surface area contributed by atoms with E-state index in [4.69, 9.17) is 0 Å². The third-order valence-electron chi connectivity index (χ3n) is 5.74. The van der Waals surface area contributed by atoms with Crippen molar-refractivity contribution in [3.63, 3.8) is 0 Å². The Morgan fingerprint density at radius 2 is 1.89 bits per heavy atom. The van der Waals surface area contributed by atoms with Gasteiger partial charge in [-0.1, -0.05) is 48.5 Å². The summed E-state index contributed by atoms with van der Waals surface area (Å²) in [6, 6.07) is 21.2. The van der Waals surface area contributed by atoms with Crippen molar-refractivity contribution in [3.05, 3.63) is 78.0 Å². The van der Waals surface area contributed by atoms with E-state index in [1.807, 2.05) is 23.2 Å². The predicted octanol–water partition coefficient (Wildman–Crippen LogP) is 3.55.